The molecule has 5 rings (SSSR count). The van der Waals surface area contributed by atoms with Crippen molar-refractivity contribution in [2.45, 2.75) is 18.5 Å². The monoisotopic (exact) mass is 490 g/mol. The maximum absolute atomic E-state index is 13.0. The molecule has 3 aromatic rings. The number of rotatable bonds is 7. The number of hydrazine groups is 1. The van der Waals surface area contributed by atoms with Gasteiger partial charge in [-0.05, 0) is 48.9 Å². The molecule has 3 N–H and O–H groups in total. The molecule has 10 nitrogen and oxygen atoms in total. The molecule has 0 saturated carbocycles. The summed E-state index contributed by atoms with van der Waals surface area (Å²) >= 11 is 0. The maximum Gasteiger partial charge on any atom is 0.242 e. The zero-order chi connectivity index (χ0) is 24.9. The van der Waals surface area contributed by atoms with Crippen LogP contribution >= 0.6 is 0 Å². The second-order valence-corrected chi connectivity index (χ2v) is 8.68. The quantitative estimate of drug-likeness (QED) is 0.460. The summed E-state index contributed by atoms with van der Waals surface area (Å²) < 4.78 is 16.3. The number of amides is 1. The number of carbonyl (C=O) groups is 1. The minimum absolute atomic E-state index is 0.0996. The highest BCUT2D eigenvalue weighted by atomic mass is 16.5. The lowest BCUT2D eigenvalue weighted by Crippen LogP contribution is -2.39. The van der Waals surface area contributed by atoms with Gasteiger partial charge in [-0.1, -0.05) is 12.1 Å². The summed E-state index contributed by atoms with van der Waals surface area (Å²) in [5.74, 6) is 2.19. The molecule has 2 fully saturated rings. The lowest BCUT2D eigenvalue weighted by molar-refractivity contribution is -0.117. The maximum atomic E-state index is 13.0. The SMILES string of the molecule is COc1ccc(OC)c(C2CC(C(=O)Nc3cccc(-c4ccc(N5CCOCC5)nn4)c3)NN2)c1. The molecule has 1 amide bonds. The van der Waals surface area contributed by atoms with E-state index in [1.807, 2.05) is 54.6 Å². The van der Waals surface area contributed by atoms with Gasteiger partial charge < -0.3 is 24.4 Å². The van der Waals surface area contributed by atoms with Crippen LogP contribution in [-0.4, -0.2) is 62.7 Å². The van der Waals surface area contributed by atoms with Crippen molar-refractivity contribution < 1.29 is 19.0 Å². The molecular formula is C26H30N6O4. The van der Waals surface area contributed by atoms with E-state index in [1.54, 1.807) is 14.2 Å². The van der Waals surface area contributed by atoms with E-state index in [0.29, 0.717) is 25.3 Å². The van der Waals surface area contributed by atoms with Gasteiger partial charge in [-0.15, -0.1) is 10.2 Å². The fraction of sp³-hybridized carbons (Fsp3) is 0.346. The van der Waals surface area contributed by atoms with Crippen LogP contribution in [0.3, 0.4) is 0 Å². The number of nitrogens with one attached hydrogen (secondary N) is 3. The number of morpholine rings is 1. The van der Waals surface area contributed by atoms with Gasteiger partial charge in [0.2, 0.25) is 5.91 Å². The molecular weight excluding hydrogens is 460 g/mol. The van der Waals surface area contributed by atoms with E-state index < -0.39 is 6.04 Å². The molecule has 0 aliphatic carbocycles. The highest BCUT2D eigenvalue weighted by Gasteiger charge is 2.32. The van der Waals surface area contributed by atoms with Crippen molar-refractivity contribution >= 4 is 17.4 Å². The second-order valence-electron chi connectivity index (χ2n) is 8.68. The third kappa shape index (κ3) is 5.25. The van der Waals surface area contributed by atoms with Crippen LogP contribution in [0, 0.1) is 0 Å². The Labute approximate surface area is 209 Å². The van der Waals surface area contributed by atoms with Crippen molar-refractivity contribution in [1.29, 1.82) is 0 Å². The van der Waals surface area contributed by atoms with Crippen LogP contribution in [0.2, 0.25) is 0 Å². The first kappa shape index (κ1) is 24.0. The molecule has 2 unspecified atom stereocenters. The highest BCUT2D eigenvalue weighted by molar-refractivity contribution is 5.95. The first-order chi connectivity index (χ1) is 17.6. The van der Waals surface area contributed by atoms with Crippen molar-refractivity contribution in [2.24, 2.45) is 0 Å². The number of hydrogen-bond donors (Lipinski definition) is 3. The summed E-state index contributed by atoms with van der Waals surface area (Å²) in [5.41, 5.74) is 9.56. The molecule has 0 spiro atoms. The summed E-state index contributed by atoms with van der Waals surface area (Å²) in [6.07, 6.45) is 0.559. The third-order valence-corrected chi connectivity index (χ3v) is 6.44. The largest absolute Gasteiger partial charge is 0.497 e. The van der Waals surface area contributed by atoms with Crippen molar-refractivity contribution in [3.8, 4) is 22.8 Å². The Bertz CT molecular complexity index is 1200. The molecule has 2 aromatic carbocycles. The number of methoxy groups -OCH3 is 2. The van der Waals surface area contributed by atoms with E-state index in [4.69, 9.17) is 14.2 Å². The number of ether oxygens (including phenoxy) is 3. The summed E-state index contributed by atoms with van der Waals surface area (Å²) in [6, 6.07) is 16.7. The number of nitrogens with zero attached hydrogens (tertiary/aromatic N) is 3. The molecule has 1 aromatic heterocycles. The Balaban J connectivity index is 1.24. The standard InChI is InChI=1S/C26H30N6O4/c1-34-19-6-8-24(35-2)20(15-19)22-16-23(30-29-22)26(33)27-18-5-3-4-17(14-18)21-7-9-25(31-28-21)32-10-12-36-13-11-32/h3-9,14-15,22-23,29-30H,10-13,16H2,1-2H3,(H,27,33). The molecule has 10 heteroatoms. The second kappa shape index (κ2) is 10.9. The van der Waals surface area contributed by atoms with Gasteiger partial charge in [0.15, 0.2) is 5.82 Å². The van der Waals surface area contributed by atoms with Crippen molar-refractivity contribution in [3.05, 3.63) is 60.2 Å². The van der Waals surface area contributed by atoms with E-state index in [9.17, 15) is 4.79 Å². The Kier molecular flexibility index (Phi) is 7.26. The molecule has 2 aliphatic rings. The number of benzene rings is 2. The topological polar surface area (TPSA) is 110 Å². The van der Waals surface area contributed by atoms with Crippen LogP contribution in [0.25, 0.3) is 11.3 Å². The Morgan fingerprint density at radius 2 is 1.89 bits per heavy atom. The predicted octanol–water partition coefficient (Wildman–Crippen LogP) is 2.54. The fourth-order valence-corrected chi connectivity index (χ4v) is 4.47. The van der Waals surface area contributed by atoms with Crippen molar-refractivity contribution in [2.75, 3.05) is 50.7 Å². The van der Waals surface area contributed by atoms with Crippen LogP contribution in [0.15, 0.2) is 54.6 Å². The van der Waals surface area contributed by atoms with Gasteiger partial charge in [0, 0.05) is 29.9 Å². The summed E-state index contributed by atoms with van der Waals surface area (Å²) in [5, 5.41) is 11.8. The molecule has 188 valence electrons. The highest BCUT2D eigenvalue weighted by Crippen LogP contribution is 2.33. The van der Waals surface area contributed by atoms with Crippen LogP contribution in [0.5, 0.6) is 11.5 Å². The Morgan fingerprint density at radius 3 is 2.64 bits per heavy atom. The number of aromatic nitrogens is 2. The molecule has 2 atom stereocenters. The summed E-state index contributed by atoms with van der Waals surface area (Å²) in [6.45, 7) is 3.02. The predicted molar refractivity (Wildman–Crippen MR) is 136 cm³/mol. The third-order valence-electron chi connectivity index (χ3n) is 6.44. The van der Waals surface area contributed by atoms with Gasteiger partial charge in [0.1, 0.15) is 17.5 Å². The lowest BCUT2D eigenvalue weighted by atomic mass is 10.00. The lowest BCUT2D eigenvalue weighted by Gasteiger charge is -2.27. The number of carbonyl (C=O) groups excluding carboxylic acids is 1. The molecule has 2 aliphatic heterocycles. The fourth-order valence-electron chi connectivity index (χ4n) is 4.47. The van der Waals surface area contributed by atoms with E-state index in [0.717, 1.165) is 47.2 Å². The van der Waals surface area contributed by atoms with E-state index >= 15 is 0 Å². The van der Waals surface area contributed by atoms with Gasteiger partial charge in [-0.2, -0.15) is 0 Å². The van der Waals surface area contributed by atoms with Gasteiger partial charge in [-0.3, -0.25) is 4.79 Å². The molecule has 0 radical (unpaired) electrons. The normalized spacial score (nSPS) is 19.7. The average molecular weight is 491 g/mol. The van der Waals surface area contributed by atoms with Gasteiger partial charge in [-0.25, -0.2) is 10.9 Å². The minimum atomic E-state index is -0.415. The molecule has 2 saturated heterocycles. The van der Waals surface area contributed by atoms with Crippen LogP contribution < -0.4 is 30.5 Å². The van der Waals surface area contributed by atoms with Crippen LogP contribution in [0.1, 0.15) is 18.0 Å². The van der Waals surface area contributed by atoms with Gasteiger partial charge in [0.05, 0.1) is 39.2 Å². The number of hydrogen-bond acceptors (Lipinski definition) is 9. The molecule has 3 heterocycles. The Morgan fingerprint density at radius 1 is 1.03 bits per heavy atom. The smallest absolute Gasteiger partial charge is 0.242 e. The molecule has 0 bridgehead atoms. The zero-order valence-corrected chi connectivity index (χ0v) is 20.4. The van der Waals surface area contributed by atoms with Crippen LogP contribution in [-0.2, 0) is 9.53 Å². The van der Waals surface area contributed by atoms with Crippen molar-refractivity contribution in [3.63, 3.8) is 0 Å². The van der Waals surface area contributed by atoms with Crippen molar-refractivity contribution in [1.82, 2.24) is 21.0 Å². The summed E-state index contributed by atoms with van der Waals surface area (Å²) in [4.78, 5) is 15.2. The van der Waals surface area contributed by atoms with E-state index in [2.05, 4.69) is 31.3 Å². The first-order valence-electron chi connectivity index (χ1n) is 12.0. The molecule has 36 heavy (non-hydrogen) atoms. The first-order valence-corrected chi connectivity index (χ1v) is 12.0. The van der Waals surface area contributed by atoms with E-state index in [-0.39, 0.29) is 11.9 Å². The number of anilines is 2. The Hall–Kier alpha value is -3.73. The minimum Gasteiger partial charge on any atom is -0.497 e. The zero-order valence-electron chi connectivity index (χ0n) is 20.4. The van der Waals surface area contributed by atoms with Gasteiger partial charge in [0.25, 0.3) is 0 Å². The average Bonchev–Trinajstić information content (AvgIpc) is 3.44. The summed E-state index contributed by atoms with van der Waals surface area (Å²) in [7, 11) is 3.26. The van der Waals surface area contributed by atoms with Gasteiger partial charge >= 0.3 is 0 Å². The van der Waals surface area contributed by atoms with Crippen LogP contribution in [0.4, 0.5) is 11.5 Å². The van der Waals surface area contributed by atoms with E-state index in [1.165, 1.54) is 0 Å².